The first-order valence-corrected chi connectivity index (χ1v) is 7.49. The third kappa shape index (κ3) is 4.39. The molecule has 0 aromatic rings. The van der Waals surface area contributed by atoms with Crippen molar-refractivity contribution in [1.82, 2.24) is 19.6 Å². The highest BCUT2D eigenvalue weighted by atomic mass is 16.5. The number of hydrogen-bond donors (Lipinski definition) is 0. The van der Waals surface area contributed by atoms with E-state index in [1.54, 1.807) is 14.1 Å². The molecule has 2 saturated heterocycles. The van der Waals surface area contributed by atoms with Gasteiger partial charge in [-0.3, -0.25) is 14.5 Å². The predicted molar refractivity (Wildman–Crippen MR) is 79.0 cm³/mol. The second-order valence-corrected chi connectivity index (χ2v) is 6.01. The standard InChI is InChI=1S/C14H26N4O3/c1-15(2)14(20)12-10-17(8-9-21-12)11-13(19)18-6-4-16(3)5-7-18/h12H,4-11H2,1-3H3. The molecule has 2 heterocycles. The van der Waals surface area contributed by atoms with Crippen LogP contribution in [0.25, 0.3) is 0 Å². The summed E-state index contributed by atoms with van der Waals surface area (Å²) in [5.41, 5.74) is 0. The van der Waals surface area contributed by atoms with Gasteiger partial charge < -0.3 is 19.4 Å². The topological polar surface area (TPSA) is 56.3 Å². The molecule has 0 saturated carbocycles. The van der Waals surface area contributed by atoms with E-state index < -0.39 is 6.10 Å². The van der Waals surface area contributed by atoms with Crippen molar-refractivity contribution in [3.05, 3.63) is 0 Å². The Kier molecular flexibility index (Phi) is 5.55. The van der Waals surface area contributed by atoms with Gasteiger partial charge in [-0.25, -0.2) is 0 Å². The van der Waals surface area contributed by atoms with Crippen molar-refractivity contribution in [2.75, 3.05) is 73.6 Å². The Hall–Kier alpha value is -1.18. The molecule has 7 nitrogen and oxygen atoms in total. The van der Waals surface area contributed by atoms with Crippen molar-refractivity contribution in [2.24, 2.45) is 0 Å². The summed E-state index contributed by atoms with van der Waals surface area (Å²) in [6, 6.07) is 0. The molecule has 2 amide bonds. The van der Waals surface area contributed by atoms with Gasteiger partial charge in [0.1, 0.15) is 6.10 Å². The number of likely N-dealkylation sites (N-methyl/N-ethyl adjacent to an activating group) is 2. The lowest BCUT2D eigenvalue weighted by Crippen LogP contribution is -2.54. The fourth-order valence-corrected chi connectivity index (χ4v) is 2.63. The van der Waals surface area contributed by atoms with Gasteiger partial charge in [0.05, 0.1) is 13.2 Å². The fraction of sp³-hybridized carbons (Fsp3) is 0.857. The molecule has 1 unspecified atom stereocenters. The van der Waals surface area contributed by atoms with Crippen LogP contribution in [0.15, 0.2) is 0 Å². The smallest absolute Gasteiger partial charge is 0.252 e. The van der Waals surface area contributed by atoms with Crippen LogP contribution in [0.2, 0.25) is 0 Å². The molecule has 0 aromatic heterocycles. The number of piperazine rings is 1. The summed E-state index contributed by atoms with van der Waals surface area (Å²) >= 11 is 0. The van der Waals surface area contributed by atoms with Gasteiger partial charge in [-0.1, -0.05) is 0 Å². The largest absolute Gasteiger partial charge is 0.366 e. The van der Waals surface area contributed by atoms with E-state index in [0.717, 1.165) is 26.2 Å². The lowest BCUT2D eigenvalue weighted by atomic mass is 10.2. The molecular weight excluding hydrogens is 272 g/mol. The van der Waals surface area contributed by atoms with Crippen molar-refractivity contribution in [2.45, 2.75) is 6.10 Å². The monoisotopic (exact) mass is 298 g/mol. The number of rotatable bonds is 3. The maximum Gasteiger partial charge on any atom is 0.252 e. The van der Waals surface area contributed by atoms with Crippen LogP contribution in [0.3, 0.4) is 0 Å². The Morgan fingerprint density at radius 1 is 1.14 bits per heavy atom. The zero-order chi connectivity index (χ0) is 15.4. The molecule has 0 aromatic carbocycles. The van der Waals surface area contributed by atoms with Crippen LogP contribution in [0.1, 0.15) is 0 Å². The zero-order valence-electron chi connectivity index (χ0n) is 13.2. The first-order valence-electron chi connectivity index (χ1n) is 7.49. The van der Waals surface area contributed by atoms with Crippen LogP contribution in [-0.2, 0) is 14.3 Å². The summed E-state index contributed by atoms with van der Waals surface area (Å²) < 4.78 is 5.51. The molecule has 2 aliphatic heterocycles. The molecule has 7 heteroatoms. The Morgan fingerprint density at radius 3 is 2.43 bits per heavy atom. The van der Waals surface area contributed by atoms with E-state index in [2.05, 4.69) is 11.9 Å². The second kappa shape index (κ2) is 7.20. The summed E-state index contributed by atoms with van der Waals surface area (Å²) in [4.78, 5) is 32.0. The molecule has 120 valence electrons. The lowest BCUT2D eigenvalue weighted by molar-refractivity contribution is -0.149. The molecule has 0 bridgehead atoms. The van der Waals surface area contributed by atoms with Gasteiger partial charge in [-0.05, 0) is 7.05 Å². The Morgan fingerprint density at radius 2 is 1.81 bits per heavy atom. The van der Waals surface area contributed by atoms with E-state index in [1.807, 2.05) is 9.80 Å². The van der Waals surface area contributed by atoms with E-state index in [1.165, 1.54) is 4.90 Å². The molecule has 21 heavy (non-hydrogen) atoms. The number of carbonyl (C=O) groups is 2. The summed E-state index contributed by atoms with van der Waals surface area (Å²) in [5, 5.41) is 0. The van der Waals surface area contributed by atoms with E-state index in [4.69, 9.17) is 4.74 Å². The van der Waals surface area contributed by atoms with Crippen LogP contribution in [-0.4, -0.2) is 111 Å². The fourth-order valence-electron chi connectivity index (χ4n) is 2.63. The minimum Gasteiger partial charge on any atom is -0.366 e. The van der Waals surface area contributed by atoms with Crippen LogP contribution in [0, 0.1) is 0 Å². The van der Waals surface area contributed by atoms with Gasteiger partial charge >= 0.3 is 0 Å². The van der Waals surface area contributed by atoms with E-state index in [0.29, 0.717) is 26.2 Å². The predicted octanol–water partition coefficient (Wildman–Crippen LogP) is -1.45. The van der Waals surface area contributed by atoms with Gasteiger partial charge in [-0.2, -0.15) is 0 Å². The summed E-state index contributed by atoms with van der Waals surface area (Å²) in [6.45, 7) is 5.52. The molecule has 2 fully saturated rings. The number of carbonyl (C=O) groups excluding carboxylic acids is 2. The highest BCUT2D eigenvalue weighted by Gasteiger charge is 2.30. The Labute approximate surface area is 126 Å². The molecule has 0 aliphatic carbocycles. The second-order valence-electron chi connectivity index (χ2n) is 6.01. The number of hydrogen-bond acceptors (Lipinski definition) is 5. The molecule has 2 aliphatic rings. The first kappa shape index (κ1) is 16.2. The molecule has 0 radical (unpaired) electrons. The van der Waals surface area contributed by atoms with Gasteiger partial charge in [0.2, 0.25) is 5.91 Å². The van der Waals surface area contributed by atoms with Gasteiger partial charge in [0.25, 0.3) is 5.91 Å². The summed E-state index contributed by atoms with van der Waals surface area (Å²) in [6.07, 6.45) is -0.450. The molecular formula is C14H26N4O3. The van der Waals surface area contributed by atoms with Crippen LogP contribution < -0.4 is 0 Å². The third-order valence-electron chi connectivity index (χ3n) is 4.08. The summed E-state index contributed by atoms with van der Waals surface area (Å²) in [7, 11) is 5.52. The van der Waals surface area contributed by atoms with Crippen molar-refractivity contribution < 1.29 is 14.3 Å². The van der Waals surface area contributed by atoms with E-state index in [-0.39, 0.29) is 11.8 Å². The van der Waals surface area contributed by atoms with Crippen molar-refractivity contribution in [3.63, 3.8) is 0 Å². The van der Waals surface area contributed by atoms with E-state index in [9.17, 15) is 9.59 Å². The van der Waals surface area contributed by atoms with Gasteiger partial charge in [0, 0.05) is 53.4 Å². The van der Waals surface area contributed by atoms with Crippen molar-refractivity contribution in [1.29, 1.82) is 0 Å². The minimum absolute atomic E-state index is 0.0354. The van der Waals surface area contributed by atoms with E-state index >= 15 is 0 Å². The van der Waals surface area contributed by atoms with Crippen molar-refractivity contribution in [3.8, 4) is 0 Å². The number of amides is 2. The Bertz CT molecular complexity index is 380. The van der Waals surface area contributed by atoms with Crippen molar-refractivity contribution >= 4 is 11.8 Å². The number of nitrogens with zero attached hydrogens (tertiary/aromatic N) is 4. The highest BCUT2D eigenvalue weighted by molar-refractivity contribution is 5.81. The SMILES string of the molecule is CN1CCN(C(=O)CN2CCOC(C(=O)N(C)C)C2)CC1. The average Bonchev–Trinajstić information content (AvgIpc) is 2.47. The zero-order valence-corrected chi connectivity index (χ0v) is 13.2. The summed E-state index contributed by atoms with van der Waals surface area (Å²) in [5.74, 6) is 0.118. The minimum atomic E-state index is -0.450. The molecule has 2 rings (SSSR count). The molecule has 0 spiro atoms. The number of ether oxygens (including phenoxy) is 1. The van der Waals surface area contributed by atoms with Gasteiger partial charge in [-0.15, -0.1) is 0 Å². The quantitative estimate of drug-likeness (QED) is 0.638. The maximum atomic E-state index is 12.3. The number of morpholine rings is 1. The van der Waals surface area contributed by atoms with Gasteiger partial charge in [0.15, 0.2) is 0 Å². The third-order valence-corrected chi connectivity index (χ3v) is 4.08. The average molecular weight is 298 g/mol. The first-order chi connectivity index (χ1) is 9.97. The molecule has 1 atom stereocenters. The van der Waals surface area contributed by atoms with Crippen LogP contribution >= 0.6 is 0 Å². The molecule has 0 N–H and O–H groups in total. The lowest BCUT2D eigenvalue weighted by Gasteiger charge is -2.36. The maximum absolute atomic E-state index is 12.3. The normalized spacial score (nSPS) is 24.9. The Balaban J connectivity index is 1.82. The van der Waals surface area contributed by atoms with Crippen LogP contribution in [0.4, 0.5) is 0 Å². The van der Waals surface area contributed by atoms with Crippen LogP contribution in [0.5, 0.6) is 0 Å². The highest BCUT2D eigenvalue weighted by Crippen LogP contribution is 2.08.